The Morgan fingerprint density at radius 1 is 1.08 bits per heavy atom. The summed E-state index contributed by atoms with van der Waals surface area (Å²) in [4.78, 5) is 10.9. The van der Waals surface area contributed by atoms with Gasteiger partial charge in [-0.1, -0.05) is 63.9 Å². The minimum Gasteiger partial charge on any atom is -0.478 e. The smallest absolute Gasteiger partial charge is 0.335 e. The third-order valence-corrected chi connectivity index (χ3v) is 4.38. The first-order valence-electron chi connectivity index (χ1n) is 9.20. The van der Waals surface area contributed by atoms with Crippen LogP contribution in [-0.2, 0) is 6.42 Å². The quantitative estimate of drug-likeness (QED) is 0.612. The highest BCUT2D eigenvalue weighted by molar-refractivity contribution is 5.91. The van der Waals surface area contributed by atoms with Crippen LogP contribution in [0.2, 0.25) is 0 Å². The molecule has 0 fully saturated rings. The number of aromatic carboxylic acids is 1. The fraction of sp³-hybridized carbons (Fsp3) is 0.409. The first-order valence-corrected chi connectivity index (χ1v) is 9.20. The molecule has 25 heavy (non-hydrogen) atoms. The normalized spacial score (nSPS) is 11.5. The zero-order chi connectivity index (χ0) is 18.2. The van der Waals surface area contributed by atoms with Crippen LogP contribution in [0.4, 0.5) is 0 Å². The van der Waals surface area contributed by atoms with Crippen molar-refractivity contribution in [1.29, 1.82) is 0 Å². The Kier molecular flexibility index (Phi) is 7.20. The fourth-order valence-electron chi connectivity index (χ4n) is 3.02. The molecule has 2 N–H and O–H groups in total. The van der Waals surface area contributed by atoms with Crippen LogP contribution < -0.4 is 5.32 Å². The van der Waals surface area contributed by atoms with Crippen molar-refractivity contribution in [2.45, 2.75) is 52.5 Å². The van der Waals surface area contributed by atoms with Crippen LogP contribution in [0.15, 0.2) is 42.5 Å². The molecule has 0 spiro atoms. The lowest BCUT2D eigenvalue weighted by Crippen LogP contribution is -2.23. The van der Waals surface area contributed by atoms with E-state index in [1.54, 1.807) is 12.1 Å². The van der Waals surface area contributed by atoms with E-state index in [0.717, 1.165) is 12.0 Å². The summed E-state index contributed by atoms with van der Waals surface area (Å²) in [5, 5.41) is 12.3. The lowest BCUT2D eigenvalue weighted by atomic mass is 10.0. The van der Waals surface area contributed by atoms with E-state index in [2.05, 4.69) is 32.2 Å². The minimum atomic E-state index is -0.868. The Morgan fingerprint density at radius 2 is 1.80 bits per heavy atom. The summed E-state index contributed by atoms with van der Waals surface area (Å²) in [6.07, 6.45) is 4.92. The molecule has 134 valence electrons. The van der Waals surface area contributed by atoms with Gasteiger partial charge in [0.25, 0.3) is 0 Å². The molecule has 3 rings (SSSR count). The van der Waals surface area contributed by atoms with E-state index in [0.29, 0.717) is 11.6 Å². The molecule has 0 amide bonds. The molecule has 0 saturated heterocycles. The molecule has 0 heterocycles. The van der Waals surface area contributed by atoms with E-state index in [4.69, 9.17) is 5.11 Å². The van der Waals surface area contributed by atoms with E-state index < -0.39 is 5.97 Å². The van der Waals surface area contributed by atoms with E-state index >= 15 is 0 Å². The molecule has 0 bridgehead atoms. The van der Waals surface area contributed by atoms with Crippen molar-refractivity contribution >= 4 is 5.97 Å². The average molecular weight is 339 g/mol. The van der Waals surface area contributed by atoms with Gasteiger partial charge in [0.1, 0.15) is 0 Å². The highest BCUT2D eigenvalue weighted by Gasteiger charge is 2.18. The molecule has 0 unspecified atom stereocenters. The second-order valence-electron chi connectivity index (χ2n) is 6.83. The molecular formula is C22H29NO2. The molecule has 1 aliphatic carbocycles. The van der Waals surface area contributed by atoms with Crippen molar-refractivity contribution in [3.63, 3.8) is 0 Å². The molecule has 3 nitrogen and oxygen atoms in total. The maximum Gasteiger partial charge on any atom is 0.335 e. The molecule has 2 aromatic carbocycles. The van der Waals surface area contributed by atoms with Gasteiger partial charge in [0.15, 0.2) is 0 Å². The van der Waals surface area contributed by atoms with Crippen molar-refractivity contribution in [2.75, 3.05) is 6.54 Å². The SMILES string of the molecule is CCCCCNC(C)C.O=C(O)c1ccc2c(c1)-c1ccccc1C2. The molecule has 0 atom stereocenters. The Hall–Kier alpha value is -2.13. The van der Waals surface area contributed by atoms with Crippen LogP contribution in [0.3, 0.4) is 0 Å². The maximum absolute atomic E-state index is 10.9. The minimum absolute atomic E-state index is 0.357. The standard InChI is InChI=1S/C14H10O2.C8H19N/c15-14(16)11-6-5-10-7-9-3-1-2-4-12(9)13(10)8-11;1-4-5-6-7-9-8(2)3/h1-6,8H,7H2,(H,15,16);8-9H,4-7H2,1-3H3. The fourth-order valence-corrected chi connectivity index (χ4v) is 3.02. The van der Waals surface area contributed by atoms with Crippen LogP contribution in [-0.4, -0.2) is 23.7 Å². The number of unbranched alkanes of at least 4 members (excludes halogenated alkanes) is 2. The summed E-state index contributed by atoms with van der Waals surface area (Å²) >= 11 is 0. The number of hydrogen-bond donors (Lipinski definition) is 2. The molecular weight excluding hydrogens is 310 g/mol. The molecule has 0 saturated carbocycles. The Balaban J connectivity index is 0.000000217. The number of carbonyl (C=O) groups is 1. The maximum atomic E-state index is 10.9. The van der Waals surface area contributed by atoms with E-state index in [1.165, 1.54) is 42.5 Å². The number of nitrogens with one attached hydrogen (secondary N) is 1. The number of rotatable bonds is 6. The summed E-state index contributed by atoms with van der Waals surface area (Å²) in [5.74, 6) is -0.868. The Bertz CT molecular complexity index is 707. The summed E-state index contributed by atoms with van der Waals surface area (Å²) in [5.41, 5.74) is 5.08. The van der Waals surface area contributed by atoms with Gasteiger partial charge in [0, 0.05) is 6.04 Å². The third kappa shape index (κ3) is 5.43. The van der Waals surface area contributed by atoms with Gasteiger partial charge in [-0.05, 0) is 53.8 Å². The zero-order valence-electron chi connectivity index (χ0n) is 15.5. The predicted molar refractivity (Wildman–Crippen MR) is 104 cm³/mol. The predicted octanol–water partition coefficient (Wildman–Crippen LogP) is 5.13. The Morgan fingerprint density at radius 3 is 2.48 bits per heavy atom. The second-order valence-corrected chi connectivity index (χ2v) is 6.83. The first kappa shape index (κ1) is 19.2. The average Bonchev–Trinajstić information content (AvgIpc) is 2.97. The van der Waals surface area contributed by atoms with Crippen LogP contribution in [0.5, 0.6) is 0 Å². The van der Waals surface area contributed by atoms with E-state index in [1.807, 2.05) is 24.3 Å². The van der Waals surface area contributed by atoms with Crippen molar-refractivity contribution in [2.24, 2.45) is 0 Å². The van der Waals surface area contributed by atoms with Crippen LogP contribution in [0.25, 0.3) is 11.1 Å². The van der Waals surface area contributed by atoms with Gasteiger partial charge in [0.05, 0.1) is 5.56 Å². The van der Waals surface area contributed by atoms with Crippen LogP contribution in [0.1, 0.15) is 61.5 Å². The van der Waals surface area contributed by atoms with Crippen LogP contribution in [0, 0.1) is 0 Å². The number of carboxylic acids is 1. The highest BCUT2D eigenvalue weighted by Crippen LogP contribution is 2.36. The van der Waals surface area contributed by atoms with Gasteiger partial charge in [-0.25, -0.2) is 4.79 Å². The Labute approximate surface area is 151 Å². The zero-order valence-corrected chi connectivity index (χ0v) is 15.5. The first-order chi connectivity index (χ1) is 12.0. The third-order valence-electron chi connectivity index (χ3n) is 4.38. The van der Waals surface area contributed by atoms with Gasteiger partial charge in [-0.2, -0.15) is 0 Å². The van der Waals surface area contributed by atoms with Gasteiger partial charge in [-0.15, -0.1) is 0 Å². The van der Waals surface area contributed by atoms with Crippen molar-refractivity contribution < 1.29 is 9.90 Å². The highest BCUT2D eigenvalue weighted by atomic mass is 16.4. The summed E-state index contributed by atoms with van der Waals surface area (Å²) < 4.78 is 0. The van der Waals surface area contributed by atoms with Gasteiger partial charge in [0.2, 0.25) is 0 Å². The van der Waals surface area contributed by atoms with Crippen molar-refractivity contribution in [3.05, 3.63) is 59.2 Å². The lowest BCUT2D eigenvalue weighted by Gasteiger charge is -2.05. The number of fused-ring (bicyclic) bond motifs is 3. The van der Waals surface area contributed by atoms with E-state index in [9.17, 15) is 4.79 Å². The molecule has 0 radical (unpaired) electrons. The molecule has 0 aromatic heterocycles. The van der Waals surface area contributed by atoms with Gasteiger partial charge >= 0.3 is 5.97 Å². The lowest BCUT2D eigenvalue weighted by molar-refractivity contribution is 0.0697. The monoisotopic (exact) mass is 339 g/mol. The van der Waals surface area contributed by atoms with Crippen molar-refractivity contribution in [1.82, 2.24) is 5.32 Å². The van der Waals surface area contributed by atoms with Crippen LogP contribution >= 0.6 is 0 Å². The molecule has 1 aliphatic rings. The number of carboxylic acid groups (broad SMARTS) is 1. The van der Waals surface area contributed by atoms with Crippen molar-refractivity contribution in [3.8, 4) is 11.1 Å². The van der Waals surface area contributed by atoms with E-state index in [-0.39, 0.29) is 0 Å². The van der Waals surface area contributed by atoms with Gasteiger partial charge in [-0.3, -0.25) is 0 Å². The molecule has 2 aromatic rings. The second kappa shape index (κ2) is 9.38. The number of benzene rings is 2. The topological polar surface area (TPSA) is 49.3 Å². The largest absolute Gasteiger partial charge is 0.478 e. The molecule has 0 aliphatic heterocycles. The summed E-state index contributed by atoms with van der Waals surface area (Å²) in [6, 6.07) is 14.2. The number of hydrogen-bond acceptors (Lipinski definition) is 2. The summed E-state index contributed by atoms with van der Waals surface area (Å²) in [7, 11) is 0. The molecule has 3 heteroatoms. The summed E-state index contributed by atoms with van der Waals surface area (Å²) in [6.45, 7) is 7.79. The van der Waals surface area contributed by atoms with Gasteiger partial charge < -0.3 is 10.4 Å².